The van der Waals surface area contributed by atoms with Gasteiger partial charge in [0.25, 0.3) is 5.91 Å². The Morgan fingerprint density at radius 1 is 1.26 bits per heavy atom. The molecule has 3 aromatic rings. The quantitative estimate of drug-likeness (QED) is 0.747. The van der Waals surface area contributed by atoms with Crippen molar-refractivity contribution in [1.29, 1.82) is 0 Å². The Morgan fingerprint density at radius 2 is 2.04 bits per heavy atom. The molecule has 1 N–H and O–H groups in total. The molecule has 7 heteroatoms. The molecule has 1 fully saturated rings. The fourth-order valence-corrected chi connectivity index (χ4v) is 4.91. The van der Waals surface area contributed by atoms with Crippen LogP contribution in [-0.4, -0.2) is 43.8 Å². The van der Waals surface area contributed by atoms with Gasteiger partial charge >= 0.3 is 0 Å². The molecule has 1 saturated heterocycles. The maximum atomic E-state index is 12.8. The molecule has 0 aromatic carbocycles. The van der Waals surface area contributed by atoms with Crippen LogP contribution < -0.4 is 0 Å². The van der Waals surface area contributed by atoms with Crippen molar-refractivity contribution in [1.82, 2.24) is 24.8 Å². The first-order chi connectivity index (χ1) is 13.0. The van der Waals surface area contributed by atoms with Crippen LogP contribution in [0.2, 0.25) is 0 Å². The number of carbonyl (C=O) groups excluding carboxylic acids is 1. The highest BCUT2D eigenvalue weighted by Gasteiger charge is 2.28. The van der Waals surface area contributed by atoms with Gasteiger partial charge in [0.1, 0.15) is 6.33 Å². The van der Waals surface area contributed by atoms with Crippen LogP contribution in [-0.2, 0) is 0 Å². The zero-order chi connectivity index (χ0) is 19.0. The Labute approximate surface area is 162 Å². The summed E-state index contributed by atoms with van der Waals surface area (Å²) in [6.07, 6.45) is 5.23. The van der Waals surface area contributed by atoms with Crippen LogP contribution in [0.3, 0.4) is 0 Å². The third-order valence-electron chi connectivity index (χ3n) is 5.14. The van der Waals surface area contributed by atoms with Crippen molar-refractivity contribution in [2.45, 2.75) is 39.5 Å². The maximum Gasteiger partial charge on any atom is 0.255 e. The maximum absolute atomic E-state index is 12.8. The van der Waals surface area contributed by atoms with Gasteiger partial charge in [0.2, 0.25) is 0 Å². The minimum Gasteiger partial charge on any atom is -0.362 e. The predicted molar refractivity (Wildman–Crippen MR) is 106 cm³/mol. The molecule has 0 bridgehead atoms. The van der Waals surface area contributed by atoms with E-state index in [0.29, 0.717) is 5.92 Å². The Balaban J connectivity index is 1.45. The van der Waals surface area contributed by atoms with Crippen LogP contribution in [0, 0.1) is 20.8 Å². The number of hydrogen-bond acceptors (Lipinski definition) is 5. The van der Waals surface area contributed by atoms with Crippen LogP contribution in [0.1, 0.15) is 51.2 Å². The first-order valence-electron chi connectivity index (χ1n) is 9.22. The highest BCUT2D eigenvalue weighted by atomic mass is 32.1. The number of aromatic nitrogens is 4. The topological polar surface area (TPSA) is 74.8 Å². The number of nitrogens with one attached hydrogen (secondary N) is 1. The van der Waals surface area contributed by atoms with Gasteiger partial charge in [-0.15, -0.1) is 11.3 Å². The van der Waals surface area contributed by atoms with Gasteiger partial charge in [0.15, 0.2) is 0 Å². The van der Waals surface area contributed by atoms with Gasteiger partial charge in [-0.05, 0) is 45.7 Å². The number of thiazole rings is 1. The molecule has 1 amide bonds. The normalized spacial score (nSPS) is 15.3. The average Bonchev–Trinajstić information content (AvgIpc) is 3.23. The summed E-state index contributed by atoms with van der Waals surface area (Å²) in [6.45, 7) is 7.52. The lowest BCUT2D eigenvalue weighted by Gasteiger charge is -2.31. The fourth-order valence-electron chi connectivity index (χ4n) is 3.70. The number of H-pyrrole nitrogens is 1. The molecule has 4 heterocycles. The van der Waals surface area contributed by atoms with Crippen molar-refractivity contribution >= 4 is 17.2 Å². The number of rotatable bonds is 3. The van der Waals surface area contributed by atoms with E-state index in [1.807, 2.05) is 37.8 Å². The van der Waals surface area contributed by atoms with Crippen molar-refractivity contribution in [2.75, 3.05) is 13.1 Å². The molecule has 140 valence electrons. The molecular weight excluding hydrogens is 358 g/mol. The largest absolute Gasteiger partial charge is 0.362 e. The number of amides is 1. The standard InChI is InChI=1S/C20H23N5OS/c1-12-10-16(13(2)23-12)20(26)25-8-5-15(6-9-25)19-24-14(3)18(27-19)17-4-7-21-11-22-17/h4,7,10-11,15,23H,5-6,8-9H2,1-3H3. The van der Waals surface area contributed by atoms with E-state index in [1.165, 1.54) is 0 Å². The molecule has 4 rings (SSSR count). The summed E-state index contributed by atoms with van der Waals surface area (Å²) < 4.78 is 0. The van der Waals surface area contributed by atoms with Crippen LogP contribution in [0.15, 0.2) is 24.7 Å². The average molecular weight is 382 g/mol. The van der Waals surface area contributed by atoms with E-state index in [-0.39, 0.29) is 5.91 Å². The SMILES string of the molecule is Cc1cc(C(=O)N2CCC(c3nc(C)c(-c4ccncn4)s3)CC2)c(C)[nH]1. The molecule has 3 aromatic heterocycles. The lowest BCUT2D eigenvalue weighted by atomic mass is 9.97. The van der Waals surface area contributed by atoms with Crippen molar-refractivity contribution in [2.24, 2.45) is 0 Å². The zero-order valence-electron chi connectivity index (χ0n) is 15.8. The molecule has 27 heavy (non-hydrogen) atoms. The van der Waals surface area contributed by atoms with Crippen molar-refractivity contribution in [3.63, 3.8) is 0 Å². The third kappa shape index (κ3) is 3.51. The molecular formula is C20H23N5OS. The molecule has 0 saturated carbocycles. The third-order valence-corrected chi connectivity index (χ3v) is 6.48. The molecule has 1 aliphatic heterocycles. The highest BCUT2D eigenvalue weighted by molar-refractivity contribution is 7.15. The van der Waals surface area contributed by atoms with E-state index >= 15 is 0 Å². The van der Waals surface area contributed by atoms with Gasteiger partial charge in [-0.1, -0.05) is 0 Å². The van der Waals surface area contributed by atoms with E-state index in [2.05, 4.69) is 15.0 Å². The summed E-state index contributed by atoms with van der Waals surface area (Å²) in [4.78, 5) is 32.2. The second kappa shape index (κ2) is 7.23. The molecule has 1 aliphatic rings. The number of likely N-dealkylation sites (tertiary alicyclic amines) is 1. The van der Waals surface area contributed by atoms with Crippen molar-refractivity contribution in [3.8, 4) is 10.6 Å². The number of carbonyl (C=O) groups is 1. The second-order valence-electron chi connectivity index (χ2n) is 7.12. The first kappa shape index (κ1) is 17.9. The lowest BCUT2D eigenvalue weighted by Crippen LogP contribution is -2.38. The van der Waals surface area contributed by atoms with Crippen molar-refractivity contribution < 1.29 is 4.79 Å². The smallest absolute Gasteiger partial charge is 0.255 e. The number of hydrogen-bond donors (Lipinski definition) is 1. The van der Waals surface area contributed by atoms with Gasteiger partial charge in [-0.25, -0.2) is 15.0 Å². The van der Waals surface area contributed by atoms with Crippen LogP contribution in [0.5, 0.6) is 0 Å². The Morgan fingerprint density at radius 3 is 2.67 bits per heavy atom. The van der Waals surface area contributed by atoms with Gasteiger partial charge in [-0.2, -0.15) is 0 Å². The minimum absolute atomic E-state index is 0.132. The summed E-state index contributed by atoms with van der Waals surface area (Å²) in [5, 5.41) is 1.15. The molecule has 0 spiro atoms. The van der Waals surface area contributed by atoms with Crippen LogP contribution in [0.25, 0.3) is 10.6 Å². The number of nitrogens with zero attached hydrogens (tertiary/aromatic N) is 4. The number of piperidine rings is 1. The Hall–Kier alpha value is -2.54. The van der Waals surface area contributed by atoms with Gasteiger partial charge < -0.3 is 9.88 Å². The monoisotopic (exact) mass is 381 g/mol. The summed E-state index contributed by atoms with van der Waals surface area (Å²) in [7, 11) is 0. The summed E-state index contributed by atoms with van der Waals surface area (Å²) >= 11 is 1.72. The van der Waals surface area contributed by atoms with Crippen LogP contribution in [0.4, 0.5) is 0 Å². The lowest BCUT2D eigenvalue weighted by molar-refractivity contribution is 0.0712. The predicted octanol–water partition coefficient (Wildman–Crippen LogP) is 3.87. The molecule has 0 atom stereocenters. The number of aromatic amines is 1. The van der Waals surface area contributed by atoms with E-state index in [1.54, 1.807) is 23.9 Å². The van der Waals surface area contributed by atoms with E-state index in [4.69, 9.17) is 4.98 Å². The zero-order valence-corrected chi connectivity index (χ0v) is 16.6. The number of aryl methyl sites for hydroxylation is 3. The second-order valence-corrected chi connectivity index (χ2v) is 8.15. The van der Waals surface area contributed by atoms with E-state index in [9.17, 15) is 4.79 Å². The summed E-state index contributed by atoms with van der Waals surface area (Å²) in [5.41, 5.74) is 4.72. The minimum atomic E-state index is 0.132. The van der Waals surface area contributed by atoms with Gasteiger partial charge in [-0.3, -0.25) is 4.79 Å². The molecule has 0 unspecified atom stereocenters. The van der Waals surface area contributed by atoms with Gasteiger partial charge in [0.05, 0.1) is 26.8 Å². The summed E-state index contributed by atoms with van der Waals surface area (Å²) in [5.74, 6) is 0.537. The van der Waals surface area contributed by atoms with E-state index < -0.39 is 0 Å². The van der Waals surface area contributed by atoms with Gasteiger partial charge in [0, 0.05) is 36.6 Å². The fraction of sp³-hybridized carbons (Fsp3) is 0.400. The highest BCUT2D eigenvalue weighted by Crippen LogP contribution is 2.36. The van der Waals surface area contributed by atoms with E-state index in [0.717, 1.165) is 64.2 Å². The molecule has 6 nitrogen and oxygen atoms in total. The first-order valence-corrected chi connectivity index (χ1v) is 10.0. The van der Waals surface area contributed by atoms with Crippen LogP contribution >= 0.6 is 11.3 Å². The Kier molecular flexibility index (Phi) is 4.78. The Bertz CT molecular complexity index is 954. The molecule has 0 aliphatic carbocycles. The summed E-state index contributed by atoms with van der Waals surface area (Å²) in [6, 6.07) is 3.87. The molecule has 0 radical (unpaired) electrons. The van der Waals surface area contributed by atoms with Crippen molar-refractivity contribution in [3.05, 3.63) is 52.3 Å².